The van der Waals surface area contributed by atoms with E-state index in [0.29, 0.717) is 6.54 Å². The van der Waals surface area contributed by atoms with E-state index in [1.165, 1.54) is 5.56 Å². The molecule has 1 saturated heterocycles. The monoisotopic (exact) mass is 351 g/mol. The van der Waals surface area contributed by atoms with Crippen molar-refractivity contribution in [1.82, 2.24) is 16.0 Å². The second kappa shape index (κ2) is 7.38. The van der Waals surface area contributed by atoms with Crippen LogP contribution in [0.1, 0.15) is 50.6 Å². The summed E-state index contributed by atoms with van der Waals surface area (Å²) >= 11 is 0. The van der Waals surface area contributed by atoms with Crippen molar-refractivity contribution in [3.8, 4) is 0 Å². The Hall–Kier alpha value is -1.53. The summed E-state index contributed by atoms with van der Waals surface area (Å²) in [5.74, 6) is -3.11. The Morgan fingerprint density at radius 2 is 1.96 bits per heavy atom. The summed E-state index contributed by atoms with van der Waals surface area (Å²) in [7, 11) is 0. The lowest BCUT2D eigenvalue weighted by Gasteiger charge is -2.34. The average molecular weight is 351 g/mol. The summed E-state index contributed by atoms with van der Waals surface area (Å²) in [4.78, 5) is 12.3. The molecule has 1 saturated carbocycles. The van der Waals surface area contributed by atoms with E-state index in [0.717, 1.165) is 25.7 Å². The summed E-state index contributed by atoms with van der Waals surface area (Å²) < 4.78 is 26.6. The van der Waals surface area contributed by atoms with Gasteiger partial charge in [0.1, 0.15) is 0 Å². The van der Waals surface area contributed by atoms with E-state index in [9.17, 15) is 13.6 Å². The highest BCUT2D eigenvalue weighted by atomic mass is 19.3. The first-order valence-corrected chi connectivity index (χ1v) is 9.11. The molecule has 0 bridgehead atoms. The van der Waals surface area contributed by atoms with Crippen LogP contribution in [0.4, 0.5) is 8.78 Å². The van der Waals surface area contributed by atoms with Gasteiger partial charge < -0.3 is 10.6 Å². The fourth-order valence-corrected chi connectivity index (χ4v) is 3.99. The van der Waals surface area contributed by atoms with E-state index in [-0.39, 0.29) is 17.5 Å². The average Bonchev–Trinajstić information content (AvgIpc) is 3.20. The molecule has 6 heteroatoms. The number of benzene rings is 1. The van der Waals surface area contributed by atoms with Gasteiger partial charge in [-0.2, -0.15) is 0 Å². The molecule has 25 heavy (non-hydrogen) atoms. The second-order valence-electron chi connectivity index (χ2n) is 7.48. The van der Waals surface area contributed by atoms with Gasteiger partial charge in [0.25, 0.3) is 5.92 Å². The van der Waals surface area contributed by atoms with Crippen LogP contribution in [0.15, 0.2) is 30.3 Å². The van der Waals surface area contributed by atoms with Crippen LogP contribution in [0.25, 0.3) is 0 Å². The molecule has 3 N–H and O–H groups in total. The molecular formula is C19H27F2N3O. The van der Waals surface area contributed by atoms with Gasteiger partial charge in [0, 0.05) is 24.5 Å². The molecule has 1 aromatic rings. The molecule has 0 aromatic heterocycles. The summed E-state index contributed by atoms with van der Waals surface area (Å²) in [6.45, 7) is 2.18. The summed E-state index contributed by atoms with van der Waals surface area (Å²) in [6, 6.07) is 9.58. The molecule has 2 atom stereocenters. The molecule has 1 aromatic carbocycles. The Balaban J connectivity index is 1.58. The van der Waals surface area contributed by atoms with Crippen molar-refractivity contribution in [2.75, 3.05) is 13.1 Å². The normalized spacial score (nSPS) is 25.6. The number of amides is 1. The lowest BCUT2D eigenvalue weighted by atomic mass is 9.94. The van der Waals surface area contributed by atoms with Crippen LogP contribution < -0.4 is 16.0 Å². The molecule has 1 heterocycles. The predicted octanol–water partition coefficient (Wildman–Crippen LogP) is 2.76. The highest BCUT2D eigenvalue weighted by molar-refractivity contribution is 5.82. The van der Waals surface area contributed by atoms with Crippen LogP contribution in [-0.2, 0) is 4.79 Å². The summed E-state index contributed by atoms with van der Waals surface area (Å²) in [5.41, 5.74) is 1.05. The fourth-order valence-electron chi connectivity index (χ4n) is 3.99. The van der Waals surface area contributed by atoms with Gasteiger partial charge in [-0.05, 0) is 25.3 Å². The molecular weight excluding hydrogens is 324 g/mol. The number of rotatable bonds is 6. The molecule has 1 aliphatic carbocycles. The van der Waals surface area contributed by atoms with Gasteiger partial charge in [0.05, 0.1) is 12.6 Å². The largest absolute Gasteiger partial charge is 0.353 e. The molecule has 2 unspecified atom stereocenters. The van der Waals surface area contributed by atoms with Gasteiger partial charge in [0.2, 0.25) is 5.91 Å². The van der Waals surface area contributed by atoms with Crippen molar-refractivity contribution in [3.05, 3.63) is 35.9 Å². The van der Waals surface area contributed by atoms with Gasteiger partial charge in [-0.25, -0.2) is 8.78 Å². The zero-order valence-electron chi connectivity index (χ0n) is 14.7. The van der Waals surface area contributed by atoms with Gasteiger partial charge in [0.15, 0.2) is 0 Å². The maximum Gasteiger partial charge on any atom is 0.262 e. The number of hydrogen-bond acceptors (Lipinski definition) is 3. The first-order chi connectivity index (χ1) is 11.9. The van der Waals surface area contributed by atoms with Crippen molar-refractivity contribution in [2.45, 2.75) is 62.6 Å². The summed E-state index contributed by atoms with van der Waals surface area (Å²) in [6.07, 6.45) is 3.78. The van der Waals surface area contributed by atoms with E-state index < -0.39 is 24.9 Å². The third kappa shape index (κ3) is 4.55. The fraction of sp³-hybridized carbons (Fsp3) is 0.632. The van der Waals surface area contributed by atoms with Crippen LogP contribution in [-0.4, -0.2) is 36.5 Å². The molecule has 4 nitrogen and oxygen atoms in total. The van der Waals surface area contributed by atoms with Crippen molar-refractivity contribution in [2.24, 2.45) is 0 Å². The Kier molecular flexibility index (Phi) is 5.39. The zero-order chi connectivity index (χ0) is 17.9. The Labute approximate surface area is 147 Å². The molecule has 1 amide bonds. The van der Waals surface area contributed by atoms with E-state index >= 15 is 0 Å². The number of hydrogen-bond donors (Lipinski definition) is 3. The topological polar surface area (TPSA) is 53.2 Å². The lowest BCUT2D eigenvalue weighted by Crippen LogP contribution is -2.54. The maximum atomic E-state index is 13.3. The minimum absolute atomic E-state index is 0.161. The summed E-state index contributed by atoms with van der Waals surface area (Å²) in [5, 5.41) is 9.21. The number of carbonyl (C=O) groups excluding carboxylic acids is 1. The van der Waals surface area contributed by atoms with Crippen LogP contribution >= 0.6 is 0 Å². The first kappa shape index (κ1) is 18.3. The number of nitrogens with one attached hydrogen (secondary N) is 3. The molecule has 2 fully saturated rings. The first-order valence-electron chi connectivity index (χ1n) is 9.11. The zero-order valence-corrected chi connectivity index (χ0v) is 14.7. The highest BCUT2D eigenvalue weighted by Gasteiger charge is 2.43. The van der Waals surface area contributed by atoms with Gasteiger partial charge in [-0.15, -0.1) is 0 Å². The van der Waals surface area contributed by atoms with Crippen molar-refractivity contribution >= 4 is 5.91 Å². The van der Waals surface area contributed by atoms with Crippen molar-refractivity contribution in [3.63, 3.8) is 0 Å². The number of halogens is 2. The quantitative estimate of drug-likeness (QED) is 0.739. The van der Waals surface area contributed by atoms with Crippen LogP contribution in [0.3, 0.4) is 0 Å². The minimum atomic E-state index is -2.78. The molecule has 3 rings (SSSR count). The third-order valence-electron chi connectivity index (χ3n) is 5.41. The van der Waals surface area contributed by atoms with Crippen LogP contribution in [0.2, 0.25) is 0 Å². The Morgan fingerprint density at radius 3 is 2.56 bits per heavy atom. The number of alkyl halides is 2. The van der Waals surface area contributed by atoms with E-state index in [1.807, 2.05) is 18.2 Å². The predicted molar refractivity (Wildman–Crippen MR) is 93.6 cm³/mol. The molecule has 138 valence electrons. The number of carbonyl (C=O) groups is 1. The molecule has 0 spiro atoms. The van der Waals surface area contributed by atoms with Gasteiger partial charge in [-0.1, -0.05) is 43.2 Å². The van der Waals surface area contributed by atoms with Crippen molar-refractivity contribution < 1.29 is 13.6 Å². The smallest absolute Gasteiger partial charge is 0.262 e. The van der Waals surface area contributed by atoms with E-state index in [4.69, 9.17) is 0 Å². The minimum Gasteiger partial charge on any atom is -0.353 e. The van der Waals surface area contributed by atoms with Crippen molar-refractivity contribution in [1.29, 1.82) is 0 Å². The van der Waals surface area contributed by atoms with Crippen LogP contribution in [0.5, 0.6) is 0 Å². The van der Waals surface area contributed by atoms with Gasteiger partial charge >= 0.3 is 0 Å². The molecule has 1 aliphatic heterocycles. The van der Waals surface area contributed by atoms with Gasteiger partial charge in [-0.3, -0.25) is 10.1 Å². The SMILES string of the molecule is CC(NC1(CNC(=O)C2CC(F)(F)CN2)CCCC1)c1ccccc1. The molecule has 0 radical (unpaired) electrons. The van der Waals surface area contributed by atoms with E-state index in [2.05, 4.69) is 35.0 Å². The molecule has 2 aliphatic rings. The Morgan fingerprint density at radius 1 is 1.28 bits per heavy atom. The highest BCUT2D eigenvalue weighted by Crippen LogP contribution is 2.32. The third-order valence-corrected chi connectivity index (χ3v) is 5.41. The van der Waals surface area contributed by atoms with Crippen LogP contribution in [0, 0.1) is 0 Å². The van der Waals surface area contributed by atoms with E-state index in [1.54, 1.807) is 0 Å². The lowest BCUT2D eigenvalue weighted by molar-refractivity contribution is -0.123. The maximum absolute atomic E-state index is 13.3. The Bertz CT molecular complexity index is 588. The standard InChI is InChI=1S/C19H27F2N3O/c1-14(15-7-3-2-4-8-15)24-18(9-5-6-10-18)12-23-17(25)16-11-19(20,21)13-22-16/h2-4,7-8,14,16,22,24H,5-6,9-13H2,1H3,(H,23,25). The second-order valence-corrected chi connectivity index (χ2v) is 7.48.